The topological polar surface area (TPSA) is 74.1 Å². The molecular formula is C21H24FN7. The van der Waals surface area contributed by atoms with Crippen LogP contribution in [0.4, 0.5) is 10.3 Å². The molecule has 0 bridgehead atoms. The Morgan fingerprint density at radius 1 is 1.24 bits per heavy atom. The summed E-state index contributed by atoms with van der Waals surface area (Å²) >= 11 is 0. The lowest BCUT2D eigenvalue weighted by atomic mass is 9.97. The lowest BCUT2D eigenvalue weighted by molar-refractivity contribution is 0.226. The van der Waals surface area contributed by atoms with Crippen LogP contribution in [-0.4, -0.2) is 55.9 Å². The van der Waals surface area contributed by atoms with E-state index >= 15 is 0 Å². The van der Waals surface area contributed by atoms with Crippen LogP contribution >= 0.6 is 0 Å². The van der Waals surface area contributed by atoms with Gasteiger partial charge in [-0.05, 0) is 51.9 Å². The molecular weight excluding hydrogens is 369 g/mol. The number of piperidine rings is 1. The van der Waals surface area contributed by atoms with Crippen molar-refractivity contribution in [2.75, 3.05) is 32.0 Å². The zero-order valence-electron chi connectivity index (χ0n) is 16.6. The molecule has 0 aromatic carbocycles. The van der Waals surface area contributed by atoms with Crippen LogP contribution in [0.25, 0.3) is 27.8 Å². The van der Waals surface area contributed by atoms with Crippen molar-refractivity contribution in [1.29, 1.82) is 0 Å². The number of nitrogens with zero attached hydrogens (tertiary/aromatic N) is 5. The fraction of sp³-hybridized carbons (Fsp3) is 0.381. The van der Waals surface area contributed by atoms with E-state index in [1.807, 2.05) is 19.3 Å². The highest BCUT2D eigenvalue weighted by molar-refractivity contribution is 5.93. The fourth-order valence-electron chi connectivity index (χ4n) is 4.04. The van der Waals surface area contributed by atoms with Crippen molar-refractivity contribution in [3.8, 4) is 11.1 Å². The fourth-order valence-corrected chi connectivity index (χ4v) is 4.04. The van der Waals surface area contributed by atoms with E-state index in [0.717, 1.165) is 47.5 Å². The van der Waals surface area contributed by atoms with Crippen molar-refractivity contribution in [2.45, 2.75) is 19.8 Å². The average molecular weight is 393 g/mol. The van der Waals surface area contributed by atoms with E-state index in [2.05, 4.69) is 37.2 Å². The predicted molar refractivity (Wildman–Crippen MR) is 111 cm³/mol. The minimum atomic E-state index is -0.345. The Morgan fingerprint density at radius 3 is 2.90 bits per heavy atom. The first-order valence-corrected chi connectivity index (χ1v) is 9.98. The molecule has 0 saturated carbocycles. The Bertz CT molecular complexity index is 1170. The molecule has 1 fully saturated rings. The molecule has 0 aliphatic carbocycles. The maximum Gasteiger partial charge on any atom is 0.224 e. The minimum absolute atomic E-state index is 0.336. The Morgan fingerprint density at radius 2 is 2.07 bits per heavy atom. The van der Waals surface area contributed by atoms with Gasteiger partial charge in [0, 0.05) is 53.5 Å². The molecule has 0 amide bonds. The summed E-state index contributed by atoms with van der Waals surface area (Å²) in [5.74, 6) is 0.928. The number of anilines is 1. The number of pyridine rings is 1. The molecule has 150 valence electrons. The number of rotatable bonds is 4. The maximum absolute atomic E-state index is 14.5. The van der Waals surface area contributed by atoms with E-state index in [-0.39, 0.29) is 5.82 Å². The van der Waals surface area contributed by atoms with Gasteiger partial charge in [0.25, 0.3) is 0 Å². The first-order valence-electron chi connectivity index (χ1n) is 9.98. The van der Waals surface area contributed by atoms with E-state index < -0.39 is 0 Å². The van der Waals surface area contributed by atoms with Gasteiger partial charge >= 0.3 is 0 Å². The third-order valence-electron chi connectivity index (χ3n) is 5.88. The number of hydrogen-bond donors (Lipinski definition) is 2. The lowest BCUT2D eigenvalue weighted by Gasteiger charge is -2.28. The van der Waals surface area contributed by atoms with Crippen LogP contribution in [0.15, 0.2) is 30.9 Å². The lowest BCUT2D eigenvalue weighted by Crippen LogP contribution is -2.33. The van der Waals surface area contributed by atoms with Crippen LogP contribution in [-0.2, 0) is 0 Å². The normalized spacial score (nSPS) is 16.1. The zero-order chi connectivity index (χ0) is 20.0. The van der Waals surface area contributed by atoms with Gasteiger partial charge in [-0.1, -0.05) is 0 Å². The second-order valence-electron chi connectivity index (χ2n) is 7.96. The quantitative estimate of drug-likeness (QED) is 0.555. The summed E-state index contributed by atoms with van der Waals surface area (Å²) in [6, 6.07) is 1.51. The van der Waals surface area contributed by atoms with Crippen molar-refractivity contribution in [3.05, 3.63) is 42.4 Å². The van der Waals surface area contributed by atoms with Crippen molar-refractivity contribution in [1.82, 2.24) is 29.2 Å². The summed E-state index contributed by atoms with van der Waals surface area (Å²) in [4.78, 5) is 18.8. The molecule has 0 radical (unpaired) electrons. The Balaban J connectivity index is 1.40. The van der Waals surface area contributed by atoms with E-state index in [9.17, 15) is 4.39 Å². The van der Waals surface area contributed by atoms with Crippen molar-refractivity contribution in [2.24, 2.45) is 5.92 Å². The van der Waals surface area contributed by atoms with Gasteiger partial charge in [-0.3, -0.25) is 0 Å². The molecule has 1 aliphatic heterocycles. The van der Waals surface area contributed by atoms with Gasteiger partial charge in [0.1, 0.15) is 5.65 Å². The number of fused-ring (bicyclic) bond motifs is 2. The van der Waals surface area contributed by atoms with E-state index in [4.69, 9.17) is 0 Å². The second kappa shape index (κ2) is 7.11. The Labute approximate surface area is 168 Å². The summed E-state index contributed by atoms with van der Waals surface area (Å²) in [5.41, 5.74) is 3.59. The van der Waals surface area contributed by atoms with Crippen molar-refractivity contribution < 1.29 is 4.39 Å². The van der Waals surface area contributed by atoms with Crippen LogP contribution in [0, 0.1) is 18.7 Å². The predicted octanol–water partition coefficient (Wildman–Crippen LogP) is 3.47. The van der Waals surface area contributed by atoms with Crippen molar-refractivity contribution in [3.63, 3.8) is 0 Å². The van der Waals surface area contributed by atoms with Crippen molar-refractivity contribution >= 4 is 22.6 Å². The molecule has 0 atom stereocenters. The zero-order valence-corrected chi connectivity index (χ0v) is 16.6. The number of aromatic nitrogens is 5. The van der Waals surface area contributed by atoms with Gasteiger partial charge in [0.05, 0.1) is 0 Å². The van der Waals surface area contributed by atoms with Crippen LogP contribution in [0.3, 0.4) is 0 Å². The van der Waals surface area contributed by atoms with Gasteiger partial charge < -0.3 is 19.6 Å². The Hall–Kier alpha value is -3.00. The van der Waals surface area contributed by atoms with Crippen LogP contribution in [0.2, 0.25) is 0 Å². The summed E-state index contributed by atoms with van der Waals surface area (Å²) in [6.07, 6.45) is 9.61. The van der Waals surface area contributed by atoms with Gasteiger partial charge in [-0.15, -0.1) is 0 Å². The van der Waals surface area contributed by atoms with Gasteiger partial charge in [-0.25, -0.2) is 14.4 Å². The van der Waals surface area contributed by atoms with Crippen LogP contribution in [0.5, 0.6) is 0 Å². The van der Waals surface area contributed by atoms with Gasteiger partial charge in [-0.2, -0.15) is 4.98 Å². The van der Waals surface area contributed by atoms with Crippen LogP contribution in [0.1, 0.15) is 18.5 Å². The van der Waals surface area contributed by atoms with E-state index in [0.29, 0.717) is 17.5 Å². The number of nitrogens with one attached hydrogen (secondary N) is 2. The molecule has 7 nitrogen and oxygen atoms in total. The molecule has 2 N–H and O–H groups in total. The number of hydrogen-bond acceptors (Lipinski definition) is 5. The third-order valence-corrected chi connectivity index (χ3v) is 5.88. The van der Waals surface area contributed by atoms with Crippen LogP contribution < -0.4 is 5.32 Å². The molecule has 29 heavy (non-hydrogen) atoms. The molecule has 1 saturated heterocycles. The minimum Gasteiger partial charge on any atom is -0.354 e. The number of aromatic amines is 1. The average Bonchev–Trinajstić information content (AvgIpc) is 3.31. The molecule has 1 aliphatic rings. The summed E-state index contributed by atoms with van der Waals surface area (Å²) in [6.45, 7) is 5.07. The highest BCUT2D eigenvalue weighted by atomic mass is 19.1. The highest BCUT2D eigenvalue weighted by Crippen LogP contribution is 2.29. The molecule has 4 aromatic heterocycles. The molecule has 5 rings (SSSR count). The van der Waals surface area contributed by atoms with E-state index in [1.54, 1.807) is 16.8 Å². The third kappa shape index (κ3) is 3.33. The largest absolute Gasteiger partial charge is 0.354 e. The smallest absolute Gasteiger partial charge is 0.224 e. The first-order chi connectivity index (χ1) is 14.1. The van der Waals surface area contributed by atoms with Gasteiger partial charge in [0.15, 0.2) is 11.5 Å². The number of aryl methyl sites for hydroxylation is 1. The molecule has 5 heterocycles. The number of likely N-dealkylation sites (tertiary alicyclic amines) is 1. The number of halogens is 1. The number of H-pyrrole nitrogens is 1. The monoisotopic (exact) mass is 393 g/mol. The molecule has 4 aromatic rings. The Kier molecular flexibility index (Phi) is 4.43. The summed E-state index contributed by atoms with van der Waals surface area (Å²) in [7, 11) is 2.17. The number of imidazole rings is 1. The highest BCUT2D eigenvalue weighted by Gasteiger charge is 2.17. The second-order valence-corrected chi connectivity index (χ2v) is 7.96. The molecule has 0 unspecified atom stereocenters. The van der Waals surface area contributed by atoms with E-state index in [1.165, 1.54) is 18.9 Å². The standard InChI is InChI=1S/C21H24FN7/c1-13-8-24-20-18(22)7-15(12-29(13)20)16-10-23-19-17(16)11-26-21(27-19)25-9-14-3-5-28(2)6-4-14/h7-8,10-12,14H,3-6,9H2,1-2H3,(H2,23,25,26,27). The molecule has 0 spiro atoms. The summed E-state index contributed by atoms with van der Waals surface area (Å²) in [5, 5.41) is 4.24. The summed E-state index contributed by atoms with van der Waals surface area (Å²) < 4.78 is 16.2. The molecule has 8 heteroatoms. The SMILES string of the molecule is Cc1cnc2c(F)cc(-c3c[nH]c4nc(NCC5CCN(C)CC5)ncc34)cn12. The maximum atomic E-state index is 14.5. The van der Waals surface area contributed by atoms with Gasteiger partial charge in [0.2, 0.25) is 5.95 Å². The first kappa shape index (κ1) is 18.1.